The average molecular weight is 258 g/mol. The van der Waals surface area contributed by atoms with Crippen LogP contribution >= 0.6 is 0 Å². The number of hydrogen-bond donors (Lipinski definition) is 2. The lowest BCUT2D eigenvalue weighted by atomic mass is 10.0. The number of nitrogens with zero attached hydrogens (tertiary/aromatic N) is 2. The second-order valence-electron chi connectivity index (χ2n) is 4.53. The van der Waals surface area contributed by atoms with Gasteiger partial charge in [0.1, 0.15) is 23.7 Å². The normalized spacial score (nSPS) is 10.5. The number of rotatable bonds is 4. The molecule has 2 rings (SSSR count). The molecule has 0 aliphatic carbocycles. The summed E-state index contributed by atoms with van der Waals surface area (Å²) in [7, 11) is 1.64. The minimum Gasteiger partial charge on any atom is -0.497 e. The number of nitrogens with one attached hydrogen (secondary N) is 1. The van der Waals surface area contributed by atoms with Crippen LogP contribution in [0.4, 0.5) is 17.3 Å². The molecule has 0 bridgehead atoms. The summed E-state index contributed by atoms with van der Waals surface area (Å²) in [5, 5.41) is 3.26. The molecule has 1 aromatic heterocycles. The van der Waals surface area contributed by atoms with Gasteiger partial charge in [0.15, 0.2) is 0 Å². The summed E-state index contributed by atoms with van der Waals surface area (Å²) in [6, 6.07) is 7.66. The van der Waals surface area contributed by atoms with Crippen molar-refractivity contribution in [3.05, 3.63) is 36.2 Å². The van der Waals surface area contributed by atoms with E-state index in [4.69, 9.17) is 10.5 Å². The molecule has 0 amide bonds. The number of benzene rings is 1. The molecule has 1 aromatic carbocycles. The average Bonchev–Trinajstić information content (AvgIpc) is 2.38. The van der Waals surface area contributed by atoms with E-state index in [1.165, 1.54) is 6.33 Å². The quantitative estimate of drug-likeness (QED) is 0.882. The number of nitrogen functional groups attached to an aromatic ring is 1. The SMILES string of the molecule is COc1cccc(Nc2ncnc(N)c2C(C)C)c1. The number of ether oxygens (including phenoxy) is 1. The van der Waals surface area contributed by atoms with Crippen LogP contribution in [-0.4, -0.2) is 17.1 Å². The maximum Gasteiger partial charge on any atom is 0.139 e. The van der Waals surface area contributed by atoms with Gasteiger partial charge in [0.05, 0.1) is 7.11 Å². The maximum absolute atomic E-state index is 5.92. The van der Waals surface area contributed by atoms with E-state index >= 15 is 0 Å². The Labute approximate surface area is 112 Å². The third-order valence-electron chi connectivity index (χ3n) is 2.82. The van der Waals surface area contributed by atoms with Gasteiger partial charge in [0, 0.05) is 17.3 Å². The fourth-order valence-corrected chi connectivity index (χ4v) is 1.92. The molecule has 2 aromatic rings. The highest BCUT2D eigenvalue weighted by Gasteiger charge is 2.13. The molecule has 3 N–H and O–H groups in total. The Hall–Kier alpha value is -2.30. The molecule has 0 unspecified atom stereocenters. The van der Waals surface area contributed by atoms with Crippen LogP contribution in [0.3, 0.4) is 0 Å². The molecule has 0 aliphatic heterocycles. The van der Waals surface area contributed by atoms with Crippen molar-refractivity contribution < 1.29 is 4.74 Å². The first kappa shape index (κ1) is 13.1. The minimum absolute atomic E-state index is 0.245. The highest BCUT2D eigenvalue weighted by molar-refractivity contribution is 5.65. The Kier molecular flexibility index (Phi) is 3.85. The minimum atomic E-state index is 0.245. The Morgan fingerprint density at radius 3 is 2.74 bits per heavy atom. The van der Waals surface area contributed by atoms with Crippen molar-refractivity contribution in [2.75, 3.05) is 18.2 Å². The fraction of sp³-hybridized carbons (Fsp3) is 0.286. The topological polar surface area (TPSA) is 73.1 Å². The third-order valence-corrected chi connectivity index (χ3v) is 2.82. The van der Waals surface area contributed by atoms with Crippen LogP contribution in [0, 0.1) is 0 Å². The zero-order chi connectivity index (χ0) is 13.8. The third kappa shape index (κ3) is 2.93. The fourth-order valence-electron chi connectivity index (χ4n) is 1.92. The molecular weight excluding hydrogens is 240 g/mol. The van der Waals surface area contributed by atoms with E-state index in [2.05, 4.69) is 29.1 Å². The maximum atomic E-state index is 5.92. The van der Waals surface area contributed by atoms with E-state index < -0.39 is 0 Å². The van der Waals surface area contributed by atoms with Gasteiger partial charge in [-0.15, -0.1) is 0 Å². The Morgan fingerprint density at radius 2 is 2.05 bits per heavy atom. The molecule has 0 fully saturated rings. The van der Waals surface area contributed by atoms with Gasteiger partial charge in [0.2, 0.25) is 0 Å². The molecule has 5 heteroatoms. The van der Waals surface area contributed by atoms with Gasteiger partial charge >= 0.3 is 0 Å². The molecule has 0 spiro atoms. The van der Waals surface area contributed by atoms with Gasteiger partial charge in [-0.05, 0) is 18.1 Å². The summed E-state index contributed by atoms with van der Waals surface area (Å²) in [6.07, 6.45) is 1.46. The predicted octanol–water partition coefficient (Wildman–Crippen LogP) is 2.93. The monoisotopic (exact) mass is 258 g/mol. The van der Waals surface area contributed by atoms with Crippen LogP contribution in [-0.2, 0) is 0 Å². The summed E-state index contributed by atoms with van der Waals surface area (Å²) in [4.78, 5) is 8.31. The van der Waals surface area contributed by atoms with Gasteiger partial charge in [0.25, 0.3) is 0 Å². The largest absolute Gasteiger partial charge is 0.497 e. The molecule has 0 atom stereocenters. The van der Waals surface area contributed by atoms with Crippen molar-refractivity contribution in [2.24, 2.45) is 0 Å². The number of methoxy groups -OCH3 is 1. The second kappa shape index (κ2) is 5.56. The van der Waals surface area contributed by atoms with E-state index in [1.54, 1.807) is 7.11 Å². The van der Waals surface area contributed by atoms with Gasteiger partial charge in [-0.2, -0.15) is 0 Å². The smallest absolute Gasteiger partial charge is 0.139 e. The van der Waals surface area contributed by atoms with Crippen molar-refractivity contribution in [1.29, 1.82) is 0 Å². The first-order chi connectivity index (χ1) is 9.11. The van der Waals surface area contributed by atoms with E-state index in [9.17, 15) is 0 Å². The summed E-state index contributed by atoms with van der Waals surface area (Å²) >= 11 is 0. The number of nitrogens with two attached hydrogens (primary N) is 1. The van der Waals surface area contributed by atoms with Crippen molar-refractivity contribution in [3.8, 4) is 5.75 Å². The van der Waals surface area contributed by atoms with Crippen molar-refractivity contribution in [3.63, 3.8) is 0 Å². The molecule has 0 saturated heterocycles. The molecule has 0 radical (unpaired) electrons. The predicted molar refractivity (Wildman–Crippen MR) is 76.8 cm³/mol. The molecule has 0 aliphatic rings. The lowest BCUT2D eigenvalue weighted by Gasteiger charge is -2.15. The Bertz CT molecular complexity index is 569. The standard InChI is InChI=1S/C14H18N4O/c1-9(2)12-13(15)16-8-17-14(12)18-10-5-4-6-11(7-10)19-3/h4-9H,1-3H3,(H3,15,16,17,18). The highest BCUT2D eigenvalue weighted by atomic mass is 16.5. The Morgan fingerprint density at radius 1 is 1.26 bits per heavy atom. The van der Waals surface area contributed by atoms with Gasteiger partial charge in [-0.3, -0.25) is 0 Å². The van der Waals surface area contributed by atoms with Gasteiger partial charge < -0.3 is 15.8 Å². The zero-order valence-electron chi connectivity index (χ0n) is 11.3. The summed E-state index contributed by atoms with van der Waals surface area (Å²) < 4.78 is 5.20. The van der Waals surface area contributed by atoms with Gasteiger partial charge in [-0.25, -0.2) is 9.97 Å². The first-order valence-electron chi connectivity index (χ1n) is 6.13. The van der Waals surface area contributed by atoms with E-state index in [1.807, 2.05) is 24.3 Å². The van der Waals surface area contributed by atoms with Gasteiger partial charge in [-0.1, -0.05) is 19.9 Å². The highest BCUT2D eigenvalue weighted by Crippen LogP contribution is 2.29. The van der Waals surface area contributed by atoms with E-state index in [-0.39, 0.29) is 5.92 Å². The van der Waals surface area contributed by atoms with Crippen LogP contribution in [0.25, 0.3) is 0 Å². The lowest BCUT2D eigenvalue weighted by molar-refractivity contribution is 0.415. The Balaban J connectivity index is 2.35. The van der Waals surface area contributed by atoms with E-state index in [0.717, 1.165) is 22.8 Å². The summed E-state index contributed by atoms with van der Waals surface area (Å²) in [5.41, 5.74) is 7.74. The van der Waals surface area contributed by atoms with E-state index in [0.29, 0.717) is 5.82 Å². The van der Waals surface area contributed by atoms with Crippen LogP contribution in [0.15, 0.2) is 30.6 Å². The molecule has 5 nitrogen and oxygen atoms in total. The van der Waals surface area contributed by atoms with Crippen LogP contribution in [0.5, 0.6) is 5.75 Å². The van der Waals surface area contributed by atoms with Crippen molar-refractivity contribution in [2.45, 2.75) is 19.8 Å². The van der Waals surface area contributed by atoms with Crippen LogP contribution in [0.1, 0.15) is 25.3 Å². The van der Waals surface area contributed by atoms with Crippen molar-refractivity contribution >= 4 is 17.3 Å². The summed E-state index contributed by atoms with van der Waals surface area (Å²) in [5.74, 6) is 2.28. The summed E-state index contributed by atoms with van der Waals surface area (Å²) in [6.45, 7) is 4.12. The number of anilines is 3. The first-order valence-corrected chi connectivity index (χ1v) is 6.13. The molecule has 1 heterocycles. The lowest BCUT2D eigenvalue weighted by Crippen LogP contribution is -2.06. The molecule has 19 heavy (non-hydrogen) atoms. The van der Waals surface area contributed by atoms with Crippen molar-refractivity contribution in [1.82, 2.24) is 9.97 Å². The molecular formula is C14H18N4O. The molecule has 0 saturated carbocycles. The second-order valence-corrected chi connectivity index (χ2v) is 4.53. The van der Waals surface area contributed by atoms with Crippen LogP contribution < -0.4 is 15.8 Å². The molecule has 100 valence electrons. The van der Waals surface area contributed by atoms with Crippen LogP contribution in [0.2, 0.25) is 0 Å². The number of hydrogen-bond acceptors (Lipinski definition) is 5. The zero-order valence-corrected chi connectivity index (χ0v) is 11.3. The number of aromatic nitrogens is 2.